The van der Waals surface area contributed by atoms with Crippen molar-refractivity contribution in [2.75, 3.05) is 6.61 Å². The van der Waals surface area contributed by atoms with Gasteiger partial charge in [0, 0.05) is 23.2 Å². The van der Waals surface area contributed by atoms with Gasteiger partial charge in [-0.15, -0.1) is 0 Å². The van der Waals surface area contributed by atoms with Gasteiger partial charge in [0.05, 0.1) is 10.6 Å². The summed E-state index contributed by atoms with van der Waals surface area (Å²) in [5.41, 5.74) is 0.0309. The van der Waals surface area contributed by atoms with Crippen LogP contribution < -0.4 is 10.1 Å². The molecule has 0 saturated heterocycles. The molecule has 0 radical (unpaired) electrons. The summed E-state index contributed by atoms with van der Waals surface area (Å²) in [5, 5.41) is 14.8. The summed E-state index contributed by atoms with van der Waals surface area (Å²) < 4.78 is 5.82. The van der Waals surface area contributed by atoms with Crippen LogP contribution in [0.1, 0.15) is 39.2 Å². The van der Waals surface area contributed by atoms with Gasteiger partial charge in [-0.3, -0.25) is 0 Å². The molecule has 1 atom stereocenters. The number of halogens is 2. The first-order valence-corrected chi connectivity index (χ1v) is 8.11. The Kier molecular flexibility index (Phi) is 5.42. The smallest absolute Gasteiger partial charge is 0.142 e. The molecule has 2 N–H and O–H groups in total. The molecule has 5 heteroatoms. The Bertz CT molecular complexity index is 499. The maximum atomic E-state index is 10.3. The summed E-state index contributed by atoms with van der Waals surface area (Å²) >= 11 is 12.3. The molecule has 1 aliphatic carbocycles. The van der Waals surface area contributed by atoms with Crippen LogP contribution in [0.4, 0.5) is 0 Å². The zero-order chi connectivity index (χ0) is 15.6. The summed E-state index contributed by atoms with van der Waals surface area (Å²) in [6, 6.07) is 4.13. The Morgan fingerprint density at radius 2 is 2.05 bits per heavy atom. The SMILES string of the molecule is CC(C)C(C)(O)COc1c(Cl)cc(Cl)cc1CNC1CC1. The van der Waals surface area contributed by atoms with Crippen LogP contribution in [0.3, 0.4) is 0 Å². The second kappa shape index (κ2) is 6.74. The zero-order valence-corrected chi connectivity index (χ0v) is 14.3. The summed E-state index contributed by atoms with van der Waals surface area (Å²) in [4.78, 5) is 0. The zero-order valence-electron chi connectivity index (χ0n) is 12.7. The van der Waals surface area contributed by atoms with E-state index in [9.17, 15) is 5.11 Å². The fourth-order valence-corrected chi connectivity index (χ4v) is 2.42. The first-order valence-electron chi connectivity index (χ1n) is 7.36. The Balaban J connectivity index is 2.11. The van der Waals surface area contributed by atoms with E-state index in [0.717, 1.165) is 5.56 Å². The predicted octanol–water partition coefficient (Wildman–Crippen LogP) is 4.03. The molecule has 0 aromatic heterocycles. The van der Waals surface area contributed by atoms with Crippen LogP contribution in [-0.4, -0.2) is 23.4 Å². The number of rotatable bonds is 7. The molecule has 0 bridgehead atoms. The molecule has 1 aromatic carbocycles. The largest absolute Gasteiger partial charge is 0.489 e. The molecule has 1 saturated carbocycles. The molecular formula is C16H23Cl2NO2. The van der Waals surface area contributed by atoms with E-state index in [0.29, 0.717) is 28.4 Å². The van der Waals surface area contributed by atoms with Gasteiger partial charge in [-0.25, -0.2) is 0 Å². The van der Waals surface area contributed by atoms with E-state index >= 15 is 0 Å². The molecule has 0 aliphatic heterocycles. The van der Waals surface area contributed by atoms with Crippen molar-refractivity contribution in [3.05, 3.63) is 27.7 Å². The second-order valence-corrected chi connectivity index (χ2v) is 7.18. The van der Waals surface area contributed by atoms with E-state index in [1.165, 1.54) is 12.8 Å². The number of aliphatic hydroxyl groups is 1. The Hall–Kier alpha value is -0.480. The molecule has 1 aliphatic rings. The standard InChI is InChI=1S/C16H23Cl2NO2/c1-10(2)16(3,20)9-21-15-11(8-19-13-4-5-13)6-12(17)7-14(15)18/h6-7,10,13,19-20H,4-5,8-9H2,1-3H3. The molecule has 2 rings (SSSR count). The average molecular weight is 332 g/mol. The van der Waals surface area contributed by atoms with Gasteiger partial charge in [0.15, 0.2) is 0 Å². The summed E-state index contributed by atoms with van der Waals surface area (Å²) in [7, 11) is 0. The Morgan fingerprint density at radius 3 is 2.62 bits per heavy atom. The van der Waals surface area contributed by atoms with E-state index in [4.69, 9.17) is 27.9 Å². The topological polar surface area (TPSA) is 41.5 Å². The summed E-state index contributed by atoms with van der Waals surface area (Å²) in [6.45, 7) is 6.56. The Labute approximate surface area is 136 Å². The van der Waals surface area contributed by atoms with Crippen molar-refractivity contribution in [2.24, 2.45) is 5.92 Å². The van der Waals surface area contributed by atoms with E-state index in [2.05, 4.69) is 5.32 Å². The highest BCUT2D eigenvalue weighted by Gasteiger charge is 2.27. The first-order chi connectivity index (χ1) is 9.79. The van der Waals surface area contributed by atoms with Gasteiger partial charge in [-0.05, 0) is 37.8 Å². The van der Waals surface area contributed by atoms with Crippen LogP contribution in [0, 0.1) is 5.92 Å². The molecular weight excluding hydrogens is 309 g/mol. The van der Waals surface area contributed by atoms with Crippen molar-refractivity contribution in [2.45, 2.75) is 51.8 Å². The minimum atomic E-state index is -0.899. The van der Waals surface area contributed by atoms with Gasteiger partial charge < -0.3 is 15.2 Å². The van der Waals surface area contributed by atoms with E-state index in [1.807, 2.05) is 19.9 Å². The predicted molar refractivity (Wildman–Crippen MR) is 87.3 cm³/mol. The fourth-order valence-electron chi connectivity index (χ4n) is 1.83. The Morgan fingerprint density at radius 1 is 1.38 bits per heavy atom. The molecule has 1 fully saturated rings. The average Bonchev–Trinajstić information content (AvgIpc) is 3.18. The van der Waals surface area contributed by atoms with Crippen LogP contribution in [0.2, 0.25) is 10.0 Å². The van der Waals surface area contributed by atoms with Gasteiger partial charge in [0.1, 0.15) is 12.4 Å². The lowest BCUT2D eigenvalue weighted by Crippen LogP contribution is -2.38. The van der Waals surface area contributed by atoms with Crippen LogP contribution in [0.5, 0.6) is 5.75 Å². The van der Waals surface area contributed by atoms with Crippen molar-refractivity contribution in [3.8, 4) is 5.75 Å². The van der Waals surface area contributed by atoms with Crippen molar-refractivity contribution in [3.63, 3.8) is 0 Å². The van der Waals surface area contributed by atoms with E-state index < -0.39 is 5.60 Å². The molecule has 0 amide bonds. The highest BCUT2D eigenvalue weighted by atomic mass is 35.5. The van der Waals surface area contributed by atoms with Crippen LogP contribution in [0.15, 0.2) is 12.1 Å². The first kappa shape index (κ1) is 16.9. The van der Waals surface area contributed by atoms with Gasteiger partial charge in [0.2, 0.25) is 0 Å². The lowest BCUT2D eigenvalue weighted by atomic mass is 9.94. The number of hydrogen-bond acceptors (Lipinski definition) is 3. The van der Waals surface area contributed by atoms with Crippen LogP contribution in [-0.2, 0) is 6.54 Å². The lowest BCUT2D eigenvalue weighted by Gasteiger charge is -2.28. The third-order valence-corrected chi connectivity index (χ3v) is 4.50. The normalized spacial score (nSPS) is 17.9. The van der Waals surface area contributed by atoms with E-state index in [1.54, 1.807) is 13.0 Å². The maximum Gasteiger partial charge on any atom is 0.142 e. The number of nitrogens with one attached hydrogen (secondary N) is 1. The third kappa shape index (κ3) is 4.75. The molecule has 21 heavy (non-hydrogen) atoms. The molecule has 1 unspecified atom stereocenters. The highest BCUT2D eigenvalue weighted by molar-refractivity contribution is 6.35. The van der Waals surface area contributed by atoms with Crippen LogP contribution >= 0.6 is 23.2 Å². The van der Waals surface area contributed by atoms with Crippen molar-refractivity contribution >= 4 is 23.2 Å². The highest BCUT2D eigenvalue weighted by Crippen LogP contribution is 2.34. The molecule has 3 nitrogen and oxygen atoms in total. The van der Waals surface area contributed by atoms with Crippen molar-refractivity contribution in [1.82, 2.24) is 5.32 Å². The quantitative estimate of drug-likeness (QED) is 0.792. The van der Waals surface area contributed by atoms with Gasteiger partial charge in [-0.1, -0.05) is 37.0 Å². The molecule has 0 spiro atoms. The molecule has 118 valence electrons. The fraction of sp³-hybridized carbons (Fsp3) is 0.625. The number of hydrogen-bond donors (Lipinski definition) is 2. The maximum absolute atomic E-state index is 10.3. The van der Waals surface area contributed by atoms with Gasteiger partial charge in [0.25, 0.3) is 0 Å². The van der Waals surface area contributed by atoms with Gasteiger partial charge in [-0.2, -0.15) is 0 Å². The summed E-state index contributed by atoms with van der Waals surface area (Å²) in [6.07, 6.45) is 2.43. The second-order valence-electron chi connectivity index (χ2n) is 6.33. The monoisotopic (exact) mass is 331 g/mol. The number of ether oxygens (including phenoxy) is 1. The molecule has 1 aromatic rings. The molecule has 0 heterocycles. The van der Waals surface area contributed by atoms with Crippen LogP contribution in [0.25, 0.3) is 0 Å². The number of benzene rings is 1. The minimum absolute atomic E-state index is 0.0941. The van der Waals surface area contributed by atoms with Crippen molar-refractivity contribution < 1.29 is 9.84 Å². The lowest BCUT2D eigenvalue weighted by molar-refractivity contribution is -0.0268. The summed E-state index contributed by atoms with van der Waals surface area (Å²) in [5.74, 6) is 0.701. The van der Waals surface area contributed by atoms with Crippen molar-refractivity contribution in [1.29, 1.82) is 0 Å². The van der Waals surface area contributed by atoms with Gasteiger partial charge >= 0.3 is 0 Å². The minimum Gasteiger partial charge on any atom is -0.489 e. The third-order valence-electron chi connectivity index (χ3n) is 4.00. The van der Waals surface area contributed by atoms with E-state index in [-0.39, 0.29) is 12.5 Å².